The molecule has 0 radical (unpaired) electrons. The van der Waals surface area contributed by atoms with Gasteiger partial charge in [0.05, 0.1) is 6.61 Å². The first-order chi connectivity index (χ1) is 15.1. The van der Waals surface area contributed by atoms with E-state index in [-0.39, 0.29) is 24.6 Å². The molecule has 0 bridgehead atoms. The molecule has 0 aromatic heterocycles. The summed E-state index contributed by atoms with van der Waals surface area (Å²) in [6.07, 6.45) is 0. The van der Waals surface area contributed by atoms with Crippen molar-refractivity contribution >= 4 is 29.4 Å². The minimum absolute atomic E-state index is 0. The van der Waals surface area contributed by atoms with Gasteiger partial charge in [0.15, 0.2) is 33.9 Å². The van der Waals surface area contributed by atoms with Gasteiger partial charge < -0.3 is 0 Å². The van der Waals surface area contributed by atoms with Crippen molar-refractivity contribution in [1.82, 2.24) is 0 Å². The second kappa shape index (κ2) is 11.9. The third-order valence-electron chi connectivity index (χ3n) is 4.03. The Kier molecular flexibility index (Phi) is 10.2. The highest BCUT2D eigenvalue weighted by molar-refractivity contribution is 7.86. The maximum Gasteiger partial charge on any atom is 0.303 e. The average Bonchev–Trinajstić information content (AvgIpc) is 2.79. The minimum atomic E-state index is -5.32. The van der Waals surface area contributed by atoms with Gasteiger partial charge >= 0.3 is 10.1 Å². The van der Waals surface area contributed by atoms with E-state index in [0.29, 0.717) is 0 Å². The van der Waals surface area contributed by atoms with Crippen LogP contribution < -0.4 is 0 Å². The molecule has 0 aliphatic carbocycles. The molecule has 4 nitrogen and oxygen atoms in total. The molecule has 0 saturated heterocycles. The van der Waals surface area contributed by atoms with Gasteiger partial charge in [-0.25, -0.2) is 22.0 Å². The lowest BCUT2D eigenvalue weighted by molar-refractivity contribution is 0.102. The van der Waals surface area contributed by atoms with Crippen molar-refractivity contribution in [2.24, 2.45) is 0 Å². The number of hydrogen-bond acceptors (Lipinski definition) is 4. The Hall–Kier alpha value is -2.76. The molecular formula is C22H19F5O4S2. The fraction of sp³-hybridized carbons (Fsp3) is 0.136. The SMILES string of the molecule is CC.O=C(c1ccccc1)c1c(F)c(F)c(S(=O)(=O)OCc2ccc(F)cc2)c(F)c1F.S. The van der Waals surface area contributed by atoms with Crippen LogP contribution in [-0.2, 0) is 20.9 Å². The van der Waals surface area contributed by atoms with Gasteiger partial charge in [-0.05, 0) is 17.7 Å². The summed E-state index contributed by atoms with van der Waals surface area (Å²) in [5.74, 6) is -10.9. The molecule has 0 heterocycles. The van der Waals surface area contributed by atoms with Crippen LogP contribution in [0.2, 0.25) is 0 Å². The maximum absolute atomic E-state index is 14.4. The number of hydrogen-bond donors (Lipinski definition) is 0. The molecule has 0 spiro atoms. The van der Waals surface area contributed by atoms with Gasteiger partial charge in [-0.2, -0.15) is 21.9 Å². The summed E-state index contributed by atoms with van der Waals surface area (Å²) in [7, 11) is -5.32. The zero-order valence-electron chi connectivity index (χ0n) is 17.3. The summed E-state index contributed by atoms with van der Waals surface area (Å²) in [6.45, 7) is 3.22. The van der Waals surface area contributed by atoms with Crippen molar-refractivity contribution in [3.8, 4) is 0 Å². The van der Waals surface area contributed by atoms with Crippen LogP contribution in [0.5, 0.6) is 0 Å². The zero-order valence-corrected chi connectivity index (χ0v) is 19.2. The van der Waals surface area contributed by atoms with Crippen LogP contribution in [0.4, 0.5) is 22.0 Å². The Balaban J connectivity index is 0.00000177. The molecular weight excluding hydrogens is 487 g/mol. The van der Waals surface area contributed by atoms with E-state index in [9.17, 15) is 35.2 Å². The Morgan fingerprint density at radius 3 is 1.76 bits per heavy atom. The fourth-order valence-corrected chi connectivity index (χ4v) is 3.58. The molecule has 0 saturated carbocycles. The van der Waals surface area contributed by atoms with Crippen molar-refractivity contribution < 1.29 is 39.3 Å². The van der Waals surface area contributed by atoms with Crippen LogP contribution in [0, 0.1) is 29.1 Å². The quantitative estimate of drug-likeness (QED) is 0.187. The molecule has 3 aromatic rings. The van der Waals surface area contributed by atoms with Crippen molar-refractivity contribution in [3.05, 3.63) is 100 Å². The van der Waals surface area contributed by atoms with E-state index in [1.54, 1.807) is 0 Å². The van der Waals surface area contributed by atoms with E-state index >= 15 is 0 Å². The van der Waals surface area contributed by atoms with E-state index < -0.39 is 62.1 Å². The Morgan fingerprint density at radius 1 is 0.788 bits per heavy atom. The second-order valence-electron chi connectivity index (χ2n) is 6.00. The van der Waals surface area contributed by atoms with Gasteiger partial charge in [0.25, 0.3) is 0 Å². The average molecular weight is 507 g/mol. The summed E-state index contributed by atoms with van der Waals surface area (Å²) < 4.78 is 99.3. The van der Waals surface area contributed by atoms with Crippen molar-refractivity contribution in [3.63, 3.8) is 0 Å². The van der Waals surface area contributed by atoms with Gasteiger partial charge in [-0.15, -0.1) is 0 Å². The largest absolute Gasteiger partial charge is 0.303 e. The monoisotopic (exact) mass is 506 g/mol. The Labute approximate surface area is 194 Å². The maximum atomic E-state index is 14.4. The predicted octanol–water partition coefficient (Wildman–Crippen LogP) is 5.66. The third kappa shape index (κ3) is 6.18. The molecule has 0 fully saturated rings. The van der Waals surface area contributed by atoms with Gasteiger partial charge in [-0.1, -0.05) is 56.3 Å². The standard InChI is InChI=1S/C20H11F5O4S.C2H6.H2S/c21-13-8-6-11(7-9-13)10-29-30(27,28)20-17(24)15(22)14(16(23)18(20)25)19(26)12-4-2-1-3-5-12;1-2;/h1-9H,10H2;1-2H3;1H2. The van der Waals surface area contributed by atoms with Crippen LogP contribution in [0.15, 0.2) is 59.5 Å². The van der Waals surface area contributed by atoms with Gasteiger partial charge in [0, 0.05) is 5.56 Å². The van der Waals surface area contributed by atoms with E-state index in [4.69, 9.17) is 0 Å². The molecule has 0 atom stereocenters. The number of benzene rings is 3. The van der Waals surface area contributed by atoms with Crippen LogP contribution >= 0.6 is 13.5 Å². The summed E-state index contributed by atoms with van der Waals surface area (Å²) in [4.78, 5) is 10.3. The topological polar surface area (TPSA) is 60.4 Å². The fourth-order valence-electron chi connectivity index (χ4n) is 2.55. The minimum Gasteiger partial charge on any atom is -0.288 e. The first kappa shape index (κ1) is 28.3. The van der Waals surface area contributed by atoms with Crippen molar-refractivity contribution in [2.45, 2.75) is 25.3 Å². The van der Waals surface area contributed by atoms with Crippen LogP contribution in [0.1, 0.15) is 35.3 Å². The Morgan fingerprint density at radius 2 is 1.27 bits per heavy atom. The van der Waals surface area contributed by atoms with Crippen molar-refractivity contribution in [1.29, 1.82) is 0 Å². The van der Waals surface area contributed by atoms with Gasteiger partial charge in [0.2, 0.25) is 0 Å². The first-order valence-electron chi connectivity index (χ1n) is 9.23. The van der Waals surface area contributed by atoms with Crippen LogP contribution in [0.3, 0.4) is 0 Å². The highest BCUT2D eigenvalue weighted by Crippen LogP contribution is 2.30. The third-order valence-corrected chi connectivity index (χ3v) is 5.32. The van der Waals surface area contributed by atoms with Gasteiger partial charge in [-0.3, -0.25) is 8.98 Å². The number of ketones is 1. The lowest BCUT2D eigenvalue weighted by atomic mass is 10.0. The molecule has 0 amide bonds. The highest BCUT2D eigenvalue weighted by atomic mass is 32.2. The number of rotatable bonds is 6. The van der Waals surface area contributed by atoms with E-state index in [2.05, 4.69) is 4.18 Å². The van der Waals surface area contributed by atoms with E-state index in [0.717, 1.165) is 36.4 Å². The summed E-state index contributed by atoms with van der Waals surface area (Å²) in [6, 6.07) is 10.8. The van der Waals surface area contributed by atoms with Crippen LogP contribution in [-0.4, -0.2) is 14.2 Å². The Bertz CT molecular complexity index is 1190. The first-order valence-corrected chi connectivity index (χ1v) is 10.6. The number of carbonyl (C=O) groups is 1. The van der Waals surface area contributed by atoms with Crippen LogP contribution in [0.25, 0.3) is 0 Å². The molecule has 0 aliphatic rings. The molecule has 0 aliphatic heterocycles. The molecule has 11 heteroatoms. The van der Waals surface area contributed by atoms with E-state index in [1.165, 1.54) is 18.2 Å². The summed E-state index contributed by atoms with van der Waals surface area (Å²) >= 11 is 0. The molecule has 33 heavy (non-hydrogen) atoms. The summed E-state index contributed by atoms with van der Waals surface area (Å²) in [5.41, 5.74) is -1.73. The smallest absolute Gasteiger partial charge is 0.288 e. The molecule has 3 aromatic carbocycles. The highest BCUT2D eigenvalue weighted by Gasteiger charge is 2.36. The molecule has 178 valence electrons. The normalized spacial score (nSPS) is 10.6. The lowest BCUT2D eigenvalue weighted by Crippen LogP contribution is -2.18. The molecule has 0 unspecified atom stereocenters. The molecule has 0 N–H and O–H groups in total. The lowest BCUT2D eigenvalue weighted by Gasteiger charge is -2.12. The summed E-state index contributed by atoms with van der Waals surface area (Å²) in [5, 5.41) is 0. The molecule has 3 rings (SSSR count). The van der Waals surface area contributed by atoms with Gasteiger partial charge in [0.1, 0.15) is 11.4 Å². The second-order valence-corrected chi connectivity index (χ2v) is 7.55. The number of halogens is 5. The van der Waals surface area contributed by atoms with E-state index in [1.807, 2.05) is 13.8 Å². The zero-order chi connectivity index (χ0) is 24.1. The predicted molar refractivity (Wildman–Crippen MR) is 116 cm³/mol. The number of carbonyl (C=O) groups excluding carboxylic acids is 1. The van der Waals surface area contributed by atoms with Crippen molar-refractivity contribution in [2.75, 3.05) is 0 Å².